The minimum atomic E-state index is 0.610. The fraction of sp³-hybridized carbons (Fsp3) is 0.500. The van der Waals surface area contributed by atoms with Crippen molar-refractivity contribution in [2.45, 2.75) is 32.7 Å². The Labute approximate surface area is 95.8 Å². The number of nitrogens with two attached hydrogens (primary N) is 1. The van der Waals surface area contributed by atoms with E-state index in [1.54, 1.807) is 0 Å². The molecule has 1 aliphatic carbocycles. The molecule has 0 atom stereocenters. The molecule has 0 spiro atoms. The average Bonchev–Trinajstić information content (AvgIpc) is 2.11. The molecule has 0 aliphatic heterocycles. The smallest absolute Gasteiger partial charge is 0.0656 e. The normalized spacial score (nSPS) is 24.7. The maximum absolute atomic E-state index is 5.99. The van der Waals surface area contributed by atoms with Gasteiger partial charge in [0.15, 0.2) is 0 Å². The van der Waals surface area contributed by atoms with Crippen LogP contribution in [0, 0.1) is 12.8 Å². The Morgan fingerprint density at radius 3 is 2.67 bits per heavy atom. The van der Waals surface area contributed by atoms with Gasteiger partial charge in [0.1, 0.15) is 0 Å². The lowest BCUT2D eigenvalue weighted by atomic mass is 9.81. The van der Waals surface area contributed by atoms with Gasteiger partial charge in [0, 0.05) is 11.7 Å². The van der Waals surface area contributed by atoms with Gasteiger partial charge in [-0.1, -0.05) is 18.5 Å². The summed E-state index contributed by atoms with van der Waals surface area (Å²) in [6.45, 7) is 4.33. The van der Waals surface area contributed by atoms with Gasteiger partial charge >= 0.3 is 0 Å². The van der Waals surface area contributed by atoms with Gasteiger partial charge in [0.05, 0.1) is 10.7 Å². The molecule has 3 N–H and O–H groups in total. The highest BCUT2D eigenvalue weighted by molar-refractivity contribution is 6.33. The Morgan fingerprint density at radius 1 is 1.40 bits per heavy atom. The summed E-state index contributed by atoms with van der Waals surface area (Å²) in [5.74, 6) is 0.854. The average molecular weight is 225 g/mol. The molecule has 15 heavy (non-hydrogen) atoms. The molecule has 0 heterocycles. The van der Waals surface area contributed by atoms with Crippen LogP contribution in [0.25, 0.3) is 0 Å². The maximum Gasteiger partial charge on any atom is 0.0656 e. The second kappa shape index (κ2) is 3.93. The van der Waals surface area contributed by atoms with E-state index in [2.05, 4.69) is 19.2 Å². The number of nitrogens with one attached hydrogen (secondary N) is 1. The molecule has 82 valence electrons. The Bertz CT molecular complexity index is 370. The van der Waals surface area contributed by atoms with Gasteiger partial charge in [-0.05, 0) is 43.4 Å². The van der Waals surface area contributed by atoms with E-state index in [0.29, 0.717) is 16.8 Å². The monoisotopic (exact) mass is 224 g/mol. The maximum atomic E-state index is 5.99. The van der Waals surface area contributed by atoms with Crippen LogP contribution in [0.2, 0.25) is 5.02 Å². The molecule has 1 fully saturated rings. The van der Waals surface area contributed by atoms with Gasteiger partial charge in [-0.2, -0.15) is 0 Å². The topological polar surface area (TPSA) is 38.0 Å². The number of benzene rings is 1. The SMILES string of the molecule is Cc1cc(N)c(Cl)cc1NC1CC(C)C1. The number of rotatable bonds is 2. The molecular weight excluding hydrogens is 208 g/mol. The quantitative estimate of drug-likeness (QED) is 0.756. The first-order valence-corrected chi connectivity index (χ1v) is 5.76. The molecule has 1 aromatic carbocycles. The Balaban J connectivity index is 2.11. The van der Waals surface area contributed by atoms with E-state index in [-0.39, 0.29) is 0 Å². The summed E-state index contributed by atoms with van der Waals surface area (Å²) < 4.78 is 0. The van der Waals surface area contributed by atoms with Crippen molar-refractivity contribution >= 4 is 23.0 Å². The zero-order valence-corrected chi connectivity index (χ0v) is 9.93. The standard InChI is InChI=1S/C12H17ClN2/c1-7-3-9(4-7)15-12-6-10(13)11(14)5-8(12)2/h5-7,9,15H,3-4,14H2,1-2H3. The Morgan fingerprint density at radius 2 is 2.07 bits per heavy atom. The minimum absolute atomic E-state index is 0.610. The van der Waals surface area contributed by atoms with Crippen LogP contribution >= 0.6 is 11.6 Å². The first kappa shape index (κ1) is 10.6. The van der Waals surface area contributed by atoms with Gasteiger partial charge < -0.3 is 11.1 Å². The van der Waals surface area contributed by atoms with Gasteiger partial charge in [-0.3, -0.25) is 0 Å². The third-order valence-electron chi connectivity index (χ3n) is 3.08. The number of halogens is 1. The number of hydrogen-bond donors (Lipinski definition) is 2. The van der Waals surface area contributed by atoms with Crippen LogP contribution in [-0.4, -0.2) is 6.04 Å². The lowest BCUT2D eigenvalue weighted by molar-refractivity contribution is 0.309. The molecule has 1 saturated carbocycles. The van der Waals surface area contributed by atoms with Gasteiger partial charge in [-0.25, -0.2) is 0 Å². The third-order valence-corrected chi connectivity index (χ3v) is 3.40. The van der Waals surface area contributed by atoms with Crippen LogP contribution in [0.15, 0.2) is 12.1 Å². The van der Waals surface area contributed by atoms with Crippen molar-refractivity contribution in [1.82, 2.24) is 0 Å². The van der Waals surface area contributed by atoms with E-state index in [1.807, 2.05) is 12.1 Å². The second-order valence-electron chi connectivity index (χ2n) is 4.61. The third kappa shape index (κ3) is 2.20. The number of aryl methyl sites for hydroxylation is 1. The lowest BCUT2D eigenvalue weighted by Crippen LogP contribution is -2.33. The lowest BCUT2D eigenvalue weighted by Gasteiger charge is -2.34. The van der Waals surface area contributed by atoms with Gasteiger partial charge in [0.25, 0.3) is 0 Å². The van der Waals surface area contributed by atoms with Crippen molar-refractivity contribution in [2.75, 3.05) is 11.1 Å². The van der Waals surface area contributed by atoms with Gasteiger partial charge in [0.2, 0.25) is 0 Å². The van der Waals surface area contributed by atoms with E-state index in [9.17, 15) is 0 Å². The first-order valence-electron chi connectivity index (χ1n) is 5.38. The summed E-state index contributed by atoms with van der Waals surface area (Å²) >= 11 is 5.99. The highest BCUT2D eigenvalue weighted by atomic mass is 35.5. The molecule has 0 radical (unpaired) electrons. The van der Waals surface area contributed by atoms with Crippen LogP contribution in [0.1, 0.15) is 25.3 Å². The largest absolute Gasteiger partial charge is 0.398 e. The minimum Gasteiger partial charge on any atom is -0.398 e. The molecule has 3 heteroatoms. The molecule has 0 amide bonds. The van der Waals surface area contributed by atoms with Crippen molar-refractivity contribution in [2.24, 2.45) is 5.92 Å². The predicted octanol–water partition coefficient (Wildman–Crippen LogP) is 3.44. The highest BCUT2D eigenvalue weighted by Gasteiger charge is 2.25. The highest BCUT2D eigenvalue weighted by Crippen LogP contribution is 2.32. The summed E-state index contributed by atoms with van der Waals surface area (Å²) in [6.07, 6.45) is 2.50. The molecule has 0 bridgehead atoms. The van der Waals surface area contributed by atoms with Crippen molar-refractivity contribution in [1.29, 1.82) is 0 Å². The summed E-state index contributed by atoms with van der Waals surface area (Å²) in [5.41, 5.74) is 8.66. The van der Waals surface area contributed by atoms with Crippen LogP contribution in [0.5, 0.6) is 0 Å². The number of anilines is 2. The van der Waals surface area contributed by atoms with E-state index < -0.39 is 0 Å². The molecule has 0 aromatic heterocycles. The van der Waals surface area contributed by atoms with Crippen molar-refractivity contribution in [3.63, 3.8) is 0 Å². The van der Waals surface area contributed by atoms with Crippen molar-refractivity contribution in [3.8, 4) is 0 Å². The van der Waals surface area contributed by atoms with Crippen molar-refractivity contribution < 1.29 is 0 Å². The van der Waals surface area contributed by atoms with E-state index in [1.165, 1.54) is 12.8 Å². The molecule has 2 nitrogen and oxygen atoms in total. The van der Waals surface area contributed by atoms with Crippen LogP contribution in [0.4, 0.5) is 11.4 Å². The Kier molecular flexibility index (Phi) is 2.79. The summed E-state index contributed by atoms with van der Waals surface area (Å²) in [5, 5.41) is 4.14. The first-order chi connectivity index (χ1) is 7.06. The zero-order chi connectivity index (χ0) is 11.0. The number of hydrogen-bond acceptors (Lipinski definition) is 2. The van der Waals surface area contributed by atoms with E-state index in [4.69, 9.17) is 17.3 Å². The molecular formula is C12H17ClN2. The molecule has 1 aliphatic rings. The summed E-state index contributed by atoms with van der Waals surface area (Å²) in [4.78, 5) is 0. The fourth-order valence-electron chi connectivity index (χ4n) is 2.10. The van der Waals surface area contributed by atoms with Crippen molar-refractivity contribution in [3.05, 3.63) is 22.7 Å². The summed E-state index contributed by atoms with van der Waals surface area (Å²) in [7, 11) is 0. The molecule has 0 unspecified atom stereocenters. The molecule has 2 rings (SSSR count). The number of nitrogen functional groups attached to an aromatic ring is 1. The zero-order valence-electron chi connectivity index (χ0n) is 9.18. The molecule has 0 saturated heterocycles. The van der Waals surface area contributed by atoms with Gasteiger partial charge in [-0.15, -0.1) is 0 Å². The molecule has 1 aromatic rings. The van der Waals surface area contributed by atoms with Crippen LogP contribution in [-0.2, 0) is 0 Å². The van der Waals surface area contributed by atoms with Crippen LogP contribution in [0.3, 0.4) is 0 Å². The fourth-order valence-corrected chi connectivity index (χ4v) is 2.26. The summed E-state index contributed by atoms with van der Waals surface area (Å²) in [6, 6.07) is 4.46. The van der Waals surface area contributed by atoms with Crippen LogP contribution < -0.4 is 11.1 Å². The Hall–Kier alpha value is -0.890. The van der Waals surface area contributed by atoms with E-state index >= 15 is 0 Å². The predicted molar refractivity (Wildman–Crippen MR) is 66.4 cm³/mol. The second-order valence-corrected chi connectivity index (χ2v) is 5.01. The van der Waals surface area contributed by atoms with E-state index in [0.717, 1.165) is 17.2 Å².